The Balaban J connectivity index is 2.26. The SMILES string of the molecule is CC1C(C)(C)P2(c3ccccc3)(OCC(C)(C)CO2)C1(C)C. The summed E-state index contributed by atoms with van der Waals surface area (Å²) < 4.78 is 13.8. The van der Waals surface area contributed by atoms with Gasteiger partial charge in [0.1, 0.15) is 0 Å². The van der Waals surface area contributed by atoms with Crippen molar-refractivity contribution in [3.63, 3.8) is 0 Å². The first-order valence-electron chi connectivity index (χ1n) is 8.39. The average molecular weight is 322 g/mol. The first-order valence-corrected chi connectivity index (χ1v) is 10.5. The second-order valence-corrected chi connectivity index (χ2v) is 14.3. The van der Waals surface area contributed by atoms with Crippen LogP contribution in [-0.2, 0) is 9.05 Å². The van der Waals surface area contributed by atoms with Crippen molar-refractivity contribution in [2.75, 3.05) is 13.2 Å². The molecule has 0 N–H and O–H groups in total. The number of benzene rings is 1. The van der Waals surface area contributed by atoms with E-state index in [4.69, 9.17) is 9.05 Å². The maximum atomic E-state index is 6.90. The Bertz CT molecular complexity index is 559. The van der Waals surface area contributed by atoms with Crippen molar-refractivity contribution in [3.8, 4) is 0 Å². The first kappa shape index (κ1) is 16.4. The molecule has 0 bridgehead atoms. The molecule has 0 aliphatic carbocycles. The minimum atomic E-state index is -2.97. The van der Waals surface area contributed by atoms with Gasteiger partial charge >= 0.3 is 135 Å². The van der Waals surface area contributed by atoms with Gasteiger partial charge in [-0.05, 0) is 0 Å². The third kappa shape index (κ3) is 1.48. The van der Waals surface area contributed by atoms with Crippen LogP contribution in [0.1, 0.15) is 48.5 Å². The van der Waals surface area contributed by atoms with E-state index in [9.17, 15) is 0 Å². The summed E-state index contributed by atoms with van der Waals surface area (Å²) in [6, 6.07) is 10.8. The third-order valence-corrected chi connectivity index (χ3v) is 14.3. The van der Waals surface area contributed by atoms with Crippen molar-refractivity contribution in [2.24, 2.45) is 11.3 Å². The molecule has 0 saturated carbocycles. The molecule has 3 heteroatoms. The van der Waals surface area contributed by atoms with E-state index in [1.807, 2.05) is 0 Å². The van der Waals surface area contributed by atoms with Crippen LogP contribution >= 0.6 is 7.06 Å². The second kappa shape index (κ2) is 4.35. The van der Waals surface area contributed by atoms with Crippen LogP contribution in [-0.4, -0.2) is 23.5 Å². The number of rotatable bonds is 1. The van der Waals surface area contributed by atoms with Crippen LogP contribution in [0.25, 0.3) is 0 Å². The van der Waals surface area contributed by atoms with Gasteiger partial charge in [-0.1, -0.05) is 0 Å². The Labute approximate surface area is 135 Å². The molecule has 2 heterocycles. The fourth-order valence-electron chi connectivity index (χ4n) is 5.10. The van der Waals surface area contributed by atoms with Gasteiger partial charge in [-0.15, -0.1) is 0 Å². The van der Waals surface area contributed by atoms with Gasteiger partial charge in [0.25, 0.3) is 0 Å². The van der Waals surface area contributed by atoms with Gasteiger partial charge in [0.15, 0.2) is 0 Å². The van der Waals surface area contributed by atoms with Gasteiger partial charge in [0.05, 0.1) is 0 Å². The van der Waals surface area contributed by atoms with E-state index < -0.39 is 7.06 Å². The van der Waals surface area contributed by atoms with E-state index in [1.54, 1.807) is 0 Å². The fraction of sp³-hybridized carbons (Fsp3) is 0.684. The molecule has 2 aliphatic heterocycles. The van der Waals surface area contributed by atoms with Crippen LogP contribution in [0, 0.1) is 11.3 Å². The molecule has 22 heavy (non-hydrogen) atoms. The van der Waals surface area contributed by atoms with Gasteiger partial charge in [-0.3, -0.25) is 0 Å². The van der Waals surface area contributed by atoms with Crippen molar-refractivity contribution in [3.05, 3.63) is 30.3 Å². The predicted octanol–water partition coefficient (Wildman–Crippen LogP) is 4.98. The van der Waals surface area contributed by atoms with E-state index in [2.05, 4.69) is 78.8 Å². The Morgan fingerprint density at radius 1 is 0.864 bits per heavy atom. The molecule has 2 nitrogen and oxygen atoms in total. The third-order valence-electron chi connectivity index (χ3n) is 6.84. The molecule has 124 valence electrons. The number of hydrogen-bond donors (Lipinski definition) is 0. The van der Waals surface area contributed by atoms with Crippen LogP contribution in [0.4, 0.5) is 0 Å². The van der Waals surface area contributed by atoms with Crippen molar-refractivity contribution < 1.29 is 9.05 Å². The molecule has 0 amide bonds. The Hall–Kier alpha value is -0.430. The van der Waals surface area contributed by atoms with Crippen LogP contribution in [0.2, 0.25) is 0 Å². The zero-order valence-corrected chi connectivity index (χ0v) is 16.0. The summed E-state index contributed by atoms with van der Waals surface area (Å²) in [4.78, 5) is 0. The van der Waals surface area contributed by atoms with Crippen LogP contribution in [0.5, 0.6) is 0 Å². The van der Waals surface area contributed by atoms with Crippen molar-refractivity contribution >= 4 is 12.4 Å². The van der Waals surface area contributed by atoms with E-state index in [0.717, 1.165) is 13.2 Å². The van der Waals surface area contributed by atoms with Crippen LogP contribution in [0.3, 0.4) is 0 Å². The zero-order chi connectivity index (χ0) is 16.5. The molecule has 1 aromatic carbocycles. The van der Waals surface area contributed by atoms with E-state index in [1.165, 1.54) is 5.30 Å². The van der Waals surface area contributed by atoms with Crippen molar-refractivity contribution in [1.29, 1.82) is 0 Å². The van der Waals surface area contributed by atoms with Crippen molar-refractivity contribution in [2.45, 2.75) is 58.8 Å². The maximum absolute atomic E-state index is 6.90. The molecule has 1 aromatic rings. The molecule has 1 spiro atoms. The molecule has 0 radical (unpaired) electrons. The van der Waals surface area contributed by atoms with Gasteiger partial charge in [-0.25, -0.2) is 0 Å². The van der Waals surface area contributed by atoms with E-state index >= 15 is 0 Å². The first-order chi connectivity index (χ1) is 10.0. The number of hydrogen-bond acceptors (Lipinski definition) is 2. The minimum absolute atomic E-state index is 0.0347. The summed E-state index contributed by atoms with van der Waals surface area (Å²) in [5.74, 6) is 0.555. The molecule has 3 rings (SSSR count). The predicted molar refractivity (Wildman–Crippen MR) is 96.0 cm³/mol. The summed E-state index contributed by atoms with van der Waals surface area (Å²) in [6.45, 7) is 17.8. The molecule has 2 saturated heterocycles. The Morgan fingerprint density at radius 3 is 1.77 bits per heavy atom. The summed E-state index contributed by atoms with van der Waals surface area (Å²) >= 11 is 0. The standard InChI is InChI=1S/C19H31O2P/c1-15-18(4,5)22(19(15,6)7,16-11-9-8-10-12-16)20-13-17(2,3)14-21-22/h8-12,15H,13-14H2,1-7H3. The molecule has 0 aromatic heterocycles. The van der Waals surface area contributed by atoms with Crippen LogP contribution in [0.15, 0.2) is 30.3 Å². The Kier molecular flexibility index (Phi) is 3.25. The van der Waals surface area contributed by atoms with Gasteiger partial charge in [0.2, 0.25) is 0 Å². The summed E-state index contributed by atoms with van der Waals surface area (Å²) in [5, 5.41) is 1.36. The van der Waals surface area contributed by atoms with Gasteiger partial charge in [0, 0.05) is 0 Å². The van der Waals surface area contributed by atoms with E-state index in [0.29, 0.717) is 5.92 Å². The molecular formula is C19H31O2P. The van der Waals surface area contributed by atoms with Gasteiger partial charge in [-0.2, -0.15) is 0 Å². The Morgan fingerprint density at radius 2 is 1.32 bits per heavy atom. The second-order valence-electron chi connectivity index (χ2n) is 9.03. The average Bonchev–Trinajstić information content (AvgIpc) is 2.47. The zero-order valence-electron chi connectivity index (χ0n) is 15.1. The summed E-state index contributed by atoms with van der Waals surface area (Å²) in [6.07, 6.45) is 0. The summed E-state index contributed by atoms with van der Waals surface area (Å²) in [5.41, 5.74) is 0.0862. The molecular weight excluding hydrogens is 291 g/mol. The van der Waals surface area contributed by atoms with E-state index in [-0.39, 0.29) is 15.7 Å². The molecule has 0 atom stereocenters. The van der Waals surface area contributed by atoms with Crippen molar-refractivity contribution in [1.82, 2.24) is 0 Å². The molecule has 2 aliphatic rings. The topological polar surface area (TPSA) is 18.5 Å². The fourth-order valence-corrected chi connectivity index (χ4v) is 13.4. The van der Waals surface area contributed by atoms with Gasteiger partial charge < -0.3 is 0 Å². The monoisotopic (exact) mass is 322 g/mol. The van der Waals surface area contributed by atoms with Crippen LogP contribution < -0.4 is 5.30 Å². The normalized spacial score (nSPS) is 35.0. The molecule has 2 fully saturated rings. The quantitative estimate of drug-likeness (QED) is 0.679. The molecule has 0 unspecified atom stereocenters. The summed E-state index contributed by atoms with van der Waals surface area (Å²) in [7, 11) is -2.97.